The number of imidazole rings is 1. The minimum Gasteiger partial charge on any atom is -0.494 e. The van der Waals surface area contributed by atoms with Crippen LogP contribution in [0, 0.1) is 0 Å². The number of hydrogen-bond acceptors (Lipinski definition) is 4. The van der Waals surface area contributed by atoms with E-state index in [1.165, 1.54) is 11.8 Å². The van der Waals surface area contributed by atoms with Crippen LogP contribution in [0.25, 0.3) is 11.0 Å². The Morgan fingerprint density at radius 3 is 3.11 bits per heavy atom. The first kappa shape index (κ1) is 13.7. The first-order valence-corrected chi connectivity index (χ1v) is 7.14. The van der Waals surface area contributed by atoms with Crippen molar-refractivity contribution in [3.63, 3.8) is 0 Å². The summed E-state index contributed by atoms with van der Waals surface area (Å²) in [5.74, 6) is 0.803. The fourth-order valence-electron chi connectivity index (χ4n) is 1.68. The maximum atomic E-state index is 10.4. The van der Waals surface area contributed by atoms with E-state index in [2.05, 4.69) is 9.97 Å². The Kier molecular flexibility index (Phi) is 4.68. The zero-order valence-corrected chi connectivity index (χ0v) is 11.5. The van der Waals surface area contributed by atoms with Crippen molar-refractivity contribution >= 4 is 28.8 Å². The molecule has 2 aromatic rings. The third-order valence-electron chi connectivity index (χ3n) is 2.52. The Hall–Kier alpha value is -1.69. The maximum absolute atomic E-state index is 10.4. The highest BCUT2D eigenvalue weighted by molar-refractivity contribution is 7.99. The zero-order chi connectivity index (χ0) is 13.7. The molecule has 0 amide bonds. The van der Waals surface area contributed by atoms with Crippen LogP contribution in [-0.4, -0.2) is 33.4 Å². The predicted octanol–water partition coefficient (Wildman–Crippen LogP) is 2.92. The fraction of sp³-hybridized carbons (Fsp3) is 0.385. The first-order valence-electron chi connectivity index (χ1n) is 6.16. The summed E-state index contributed by atoms with van der Waals surface area (Å²) in [4.78, 5) is 18.0. The lowest BCUT2D eigenvalue weighted by Crippen LogP contribution is -1.94. The largest absolute Gasteiger partial charge is 0.494 e. The molecule has 0 fully saturated rings. The number of rotatable bonds is 7. The molecule has 2 rings (SSSR count). The number of carboxylic acids is 1. The minimum absolute atomic E-state index is 0.196. The summed E-state index contributed by atoms with van der Waals surface area (Å²) in [5.41, 5.74) is 1.83. The van der Waals surface area contributed by atoms with Crippen LogP contribution >= 0.6 is 11.8 Å². The van der Waals surface area contributed by atoms with Gasteiger partial charge in [-0.3, -0.25) is 4.79 Å². The van der Waals surface area contributed by atoms with Gasteiger partial charge < -0.3 is 14.8 Å². The second-order valence-electron chi connectivity index (χ2n) is 4.00. The van der Waals surface area contributed by atoms with Gasteiger partial charge in [0.05, 0.1) is 17.6 Å². The van der Waals surface area contributed by atoms with Crippen LogP contribution in [0.3, 0.4) is 0 Å². The number of carboxylic acid groups (broad SMARTS) is 1. The van der Waals surface area contributed by atoms with Gasteiger partial charge in [0, 0.05) is 18.2 Å². The number of nitrogens with zero attached hydrogens (tertiary/aromatic N) is 1. The van der Waals surface area contributed by atoms with Gasteiger partial charge in [-0.2, -0.15) is 0 Å². The summed E-state index contributed by atoms with van der Waals surface area (Å²) < 4.78 is 5.43. The van der Waals surface area contributed by atoms with Gasteiger partial charge in [-0.05, 0) is 25.5 Å². The lowest BCUT2D eigenvalue weighted by molar-refractivity contribution is -0.137. The Morgan fingerprint density at radius 1 is 1.53 bits per heavy atom. The monoisotopic (exact) mass is 280 g/mol. The van der Waals surface area contributed by atoms with Gasteiger partial charge in [-0.25, -0.2) is 4.98 Å². The molecule has 0 radical (unpaired) electrons. The van der Waals surface area contributed by atoms with E-state index in [4.69, 9.17) is 9.84 Å². The number of fused-ring (bicyclic) bond motifs is 1. The van der Waals surface area contributed by atoms with Crippen LogP contribution in [0.15, 0.2) is 23.4 Å². The van der Waals surface area contributed by atoms with Gasteiger partial charge in [-0.1, -0.05) is 11.8 Å². The smallest absolute Gasteiger partial charge is 0.303 e. The molecule has 0 spiro atoms. The number of carbonyl (C=O) groups is 1. The van der Waals surface area contributed by atoms with Gasteiger partial charge in [0.15, 0.2) is 5.16 Å². The summed E-state index contributed by atoms with van der Waals surface area (Å²) in [6.45, 7) is 2.58. The van der Waals surface area contributed by atoms with Crippen LogP contribution < -0.4 is 4.74 Å². The van der Waals surface area contributed by atoms with Crippen LogP contribution in [0.2, 0.25) is 0 Å². The molecule has 0 saturated carbocycles. The van der Waals surface area contributed by atoms with Gasteiger partial charge in [-0.15, -0.1) is 0 Å². The molecule has 1 aromatic heterocycles. The molecule has 0 aliphatic carbocycles. The molecular weight excluding hydrogens is 264 g/mol. The third-order valence-corrected chi connectivity index (χ3v) is 3.48. The Bertz CT molecular complexity index is 568. The molecule has 5 nitrogen and oxygen atoms in total. The SMILES string of the molecule is CCOc1ccc2nc(SCCCC(=O)O)[nH]c2c1. The second kappa shape index (κ2) is 6.47. The summed E-state index contributed by atoms with van der Waals surface area (Å²) in [6, 6.07) is 5.73. The normalized spacial score (nSPS) is 10.8. The van der Waals surface area contributed by atoms with E-state index in [1.54, 1.807) is 0 Å². The van der Waals surface area contributed by atoms with Crippen molar-refractivity contribution in [2.75, 3.05) is 12.4 Å². The molecule has 0 atom stereocenters. The minimum atomic E-state index is -0.758. The first-order chi connectivity index (χ1) is 9.19. The summed E-state index contributed by atoms with van der Waals surface area (Å²) in [7, 11) is 0. The van der Waals surface area contributed by atoms with E-state index in [-0.39, 0.29) is 6.42 Å². The maximum Gasteiger partial charge on any atom is 0.303 e. The molecule has 0 unspecified atom stereocenters. The topological polar surface area (TPSA) is 75.2 Å². The van der Waals surface area contributed by atoms with Crippen molar-refractivity contribution in [1.29, 1.82) is 0 Å². The third kappa shape index (κ3) is 3.89. The van der Waals surface area contributed by atoms with Crippen molar-refractivity contribution in [3.8, 4) is 5.75 Å². The summed E-state index contributed by atoms with van der Waals surface area (Å²) in [6.07, 6.45) is 0.836. The van der Waals surface area contributed by atoms with E-state index >= 15 is 0 Å². The predicted molar refractivity (Wildman–Crippen MR) is 74.9 cm³/mol. The van der Waals surface area contributed by atoms with E-state index in [0.717, 1.165) is 27.7 Å². The van der Waals surface area contributed by atoms with E-state index < -0.39 is 5.97 Å². The quantitative estimate of drug-likeness (QED) is 0.602. The van der Waals surface area contributed by atoms with Crippen molar-refractivity contribution in [3.05, 3.63) is 18.2 Å². The zero-order valence-electron chi connectivity index (χ0n) is 10.7. The molecule has 6 heteroatoms. The number of H-pyrrole nitrogens is 1. The number of hydrogen-bond donors (Lipinski definition) is 2. The summed E-state index contributed by atoms with van der Waals surface area (Å²) >= 11 is 1.54. The fourth-order valence-corrected chi connectivity index (χ4v) is 2.51. The molecule has 0 aliphatic rings. The number of aliphatic carboxylic acids is 1. The van der Waals surface area contributed by atoms with Crippen LogP contribution in [-0.2, 0) is 4.79 Å². The van der Waals surface area contributed by atoms with Gasteiger partial charge in [0.25, 0.3) is 0 Å². The summed E-state index contributed by atoms with van der Waals surface area (Å²) in [5, 5.41) is 9.37. The number of benzene rings is 1. The number of aromatic nitrogens is 2. The molecule has 0 bridgehead atoms. The molecule has 102 valence electrons. The molecule has 1 heterocycles. The Morgan fingerprint density at radius 2 is 2.37 bits per heavy atom. The van der Waals surface area contributed by atoms with Crippen molar-refractivity contribution in [1.82, 2.24) is 9.97 Å². The molecule has 0 aliphatic heterocycles. The van der Waals surface area contributed by atoms with Gasteiger partial charge in [0.2, 0.25) is 0 Å². The molecule has 1 aromatic carbocycles. The average Bonchev–Trinajstić information content (AvgIpc) is 2.77. The van der Waals surface area contributed by atoms with E-state index in [1.807, 2.05) is 25.1 Å². The second-order valence-corrected chi connectivity index (χ2v) is 5.08. The Balaban J connectivity index is 1.98. The van der Waals surface area contributed by atoms with Gasteiger partial charge in [0.1, 0.15) is 5.75 Å². The number of nitrogens with one attached hydrogen (secondary N) is 1. The van der Waals surface area contributed by atoms with Crippen molar-refractivity contribution < 1.29 is 14.6 Å². The Labute approximate surface area is 115 Å². The highest BCUT2D eigenvalue weighted by atomic mass is 32.2. The molecule has 0 saturated heterocycles. The highest BCUT2D eigenvalue weighted by Crippen LogP contribution is 2.23. The van der Waals surface area contributed by atoms with Crippen LogP contribution in [0.4, 0.5) is 0 Å². The lowest BCUT2D eigenvalue weighted by Gasteiger charge is -2.00. The van der Waals surface area contributed by atoms with Crippen LogP contribution in [0.1, 0.15) is 19.8 Å². The van der Waals surface area contributed by atoms with E-state index in [9.17, 15) is 4.79 Å². The standard InChI is InChI=1S/C13H16N2O3S/c1-2-18-9-5-6-10-11(8-9)15-13(14-10)19-7-3-4-12(16)17/h5-6,8H,2-4,7H2,1H3,(H,14,15)(H,16,17). The van der Waals surface area contributed by atoms with Gasteiger partial charge >= 0.3 is 5.97 Å². The van der Waals surface area contributed by atoms with E-state index in [0.29, 0.717) is 13.0 Å². The molecule has 2 N–H and O–H groups in total. The highest BCUT2D eigenvalue weighted by Gasteiger charge is 2.05. The molecular formula is C13H16N2O3S. The number of aromatic amines is 1. The number of thioether (sulfide) groups is 1. The van der Waals surface area contributed by atoms with Crippen LogP contribution in [0.5, 0.6) is 5.75 Å². The van der Waals surface area contributed by atoms with Crippen molar-refractivity contribution in [2.24, 2.45) is 0 Å². The van der Waals surface area contributed by atoms with Crippen molar-refractivity contribution in [2.45, 2.75) is 24.9 Å². The number of ether oxygens (including phenoxy) is 1. The average molecular weight is 280 g/mol. The molecule has 19 heavy (non-hydrogen) atoms. The lowest BCUT2D eigenvalue weighted by atomic mass is 10.3.